The molecular formula is C25H25N3O. The van der Waals surface area contributed by atoms with Crippen LogP contribution in [0.2, 0.25) is 0 Å². The fourth-order valence-electron chi connectivity index (χ4n) is 3.57. The Kier molecular flexibility index (Phi) is 5.84. The standard InChI is InChI=1S/C25H25N3O/c1-28(18-24(29)21-10-6-3-7-11-21)17-23-16-26-27-25(23)22-14-12-20(13-15-22)19-8-4-2-5-9-19/h2-16,24,29H,17-18H2,1H3,(H,26,27)/t24-/m0/s1. The van der Waals surface area contributed by atoms with E-state index in [4.69, 9.17) is 0 Å². The van der Waals surface area contributed by atoms with Gasteiger partial charge in [0, 0.05) is 18.7 Å². The highest BCUT2D eigenvalue weighted by Gasteiger charge is 2.14. The summed E-state index contributed by atoms with van der Waals surface area (Å²) in [4.78, 5) is 2.12. The number of benzene rings is 3. The number of hydrogen-bond acceptors (Lipinski definition) is 3. The minimum Gasteiger partial charge on any atom is -0.387 e. The van der Waals surface area contributed by atoms with Crippen molar-refractivity contribution in [3.8, 4) is 22.4 Å². The van der Waals surface area contributed by atoms with Crippen molar-refractivity contribution in [2.45, 2.75) is 12.6 Å². The molecule has 0 radical (unpaired) electrons. The Labute approximate surface area is 171 Å². The smallest absolute Gasteiger partial charge is 0.0916 e. The van der Waals surface area contributed by atoms with Gasteiger partial charge < -0.3 is 5.11 Å². The van der Waals surface area contributed by atoms with E-state index in [1.807, 2.05) is 49.6 Å². The van der Waals surface area contributed by atoms with Gasteiger partial charge in [0.05, 0.1) is 18.0 Å². The fourth-order valence-corrected chi connectivity index (χ4v) is 3.57. The predicted molar refractivity (Wildman–Crippen MR) is 117 cm³/mol. The van der Waals surface area contributed by atoms with Crippen LogP contribution in [0.1, 0.15) is 17.2 Å². The Morgan fingerprint density at radius 2 is 1.41 bits per heavy atom. The molecule has 1 heterocycles. The first-order chi connectivity index (χ1) is 14.2. The van der Waals surface area contributed by atoms with Crippen molar-refractivity contribution in [2.24, 2.45) is 0 Å². The number of hydrogen-bond donors (Lipinski definition) is 2. The van der Waals surface area contributed by atoms with Crippen LogP contribution in [0.15, 0.2) is 91.1 Å². The second-order valence-electron chi connectivity index (χ2n) is 7.34. The Morgan fingerprint density at radius 3 is 2.10 bits per heavy atom. The van der Waals surface area contributed by atoms with Gasteiger partial charge in [0.2, 0.25) is 0 Å². The van der Waals surface area contributed by atoms with Crippen molar-refractivity contribution in [1.82, 2.24) is 15.1 Å². The summed E-state index contributed by atoms with van der Waals surface area (Å²) in [6.45, 7) is 1.26. The Bertz CT molecular complexity index is 1030. The van der Waals surface area contributed by atoms with Crippen molar-refractivity contribution in [1.29, 1.82) is 0 Å². The molecule has 0 aliphatic heterocycles. The molecule has 146 valence electrons. The zero-order valence-electron chi connectivity index (χ0n) is 16.5. The van der Waals surface area contributed by atoms with Gasteiger partial charge in [0.1, 0.15) is 0 Å². The molecule has 0 saturated heterocycles. The number of H-pyrrole nitrogens is 1. The maximum absolute atomic E-state index is 10.5. The van der Waals surface area contributed by atoms with Gasteiger partial charge in [-0.1, -0.05) is 84.9 Å². The summed E-state index contributed by atoms with van der Waals surface area (Å²) in [5.41, 5.74) is 6.57. The van der Waals surface area contributed by atoms with E-state index in [0.29, 0.717) is 13.1 Å². The summed E-state index contributed by atoms with van der Waals surface area (Å²) in [5.74, 6) is 0. The molecule has 0 unspecified atom stereocenters. The van der Waals surface area contributed by atoms with Gasteiger partial charge >= 0.3 is 0 Å². The highest BCUT2D eigenvalue weighted by molar-refractivity contribution is 5.69. The van der Waals surface area contributed by atoms with Crippen molar-refractivity contribution in [2.75, 3.05) is 13.6 Å². The Hall–Kier alpha value is -3.21. The summed E-state index contributed by atoms with van der Waals surface area (Å²) in [7, 11) is 2.02. The van der Waals surface area contributed by atoms with Gasteiger partial charge in [-0.25, -0.2) is 0 Å². The average Bonchev–Trinajstić information content (AvgIpc) is 3.23. The first-order valence-corrected chi connectivity index (χ1v) is 9.80. The predicted octanol–water partition coefficient (Wildman–Crippen LogP) is 4.91. The highest BCUT2D eigenvalue weighted by atomic mass is 16.3. The van der Waals surface area contributed by atoms with E-state index in [1.54, 1.807) is 0 Å². The summed E-state index contributed by atoms with van der Waals surface area (Å²) in [5, 5.41) is 17.9. The van der Waals surface area contributed by atoms with Crippen molar-refractivity contribution in [3.63, 3.8) is 0 Å². The van der Waals surface area contributed by atoms with Crippen molar-refractivity contribution >= 4 is 0 Å². The molecule has 4 aromatic rings. The van der Waals surface area contributed by atoms with Crippen molar-refractivity contribution < 1.29 is 5.11 Å². The molecule has 0 bridgehead atoms. The number of nitrogens with zero attached hydrogens (tertiary/aromatic N) is 2. The number of aromatic amines is 1. The van der Waals surface area contributed by atoms with Gasteiger partial charge in [-0.2, -0.15) is 5.10 Å². The van der Waals surface area contributed by atoms with Crippen LogP contribution in [0.3, 0.4) is 0 Å². The molecule has 0 saturated carbocycles. The first-order valence-electron chi connectivity index (χ1n) is 9.80. The van der Waals surface area contributed by atoms with Crippen LogP contribution in [0, 0.1) is 0 Å². The fraction of sp³-hybridized carbons (Fsp3) is 0.160. The van der Waals surface area contributed by atoms with Gasteiger partial charge in [0.25, 0.3) is 0 Å². The summed E-state index contributed by atoms with van der Waals surface area (Å²) in [6, 6.07) is 28.6. The number of likely N-dealkylation sites (N-methyl/N-ethyl adjacent to an activating group) is 1. The van der Waals surface area contributed by atoms with Crippen LogP contribution >= 0.6 is 0 Å². The minimum atomic E-state index is -0.512. The lowest BCUT2D eigenvalue weighted by Crippen LogP contribution is -2.24. The van der Waals surface area contributed by atoms with Gasteiger partial charge in [-0.3, -0.25) is 10.00 Å². The number of aliphatic hydroxyl groups excluding tert-OH is 1. The van der Waals surface area contributed by atoms with E-state index in [9.17, 15) is 5.11 Å². The average molecular weight is 383 g/mol. The van der Waals surface area contributed by atoms with E-state index in [1.165, 1.54) is 11.1 Å². The molecule has 0 aliphatic carbocycles. The molecule has 2 N–H and O–H groups in total. The van der Waals surface area contributed by atoms with E-state index >= 15 is 0 Å². The molecule has 0 aliphatic rings. The van der Waals surface area contributed by atoms with Gasteiger partial charge in [-0.15, -0.1) is 0 Å². The molecule has 3 aromatic carbocycles. The minimum absolute atomic E-state index is 0.512. The van der Waals surface area contributed by atoms with E-state index in [0.717, 1.165) is 22.4 Å². The van der Waals surface area contributed by atoms with Gasteiger partial charge in [0.15, 0.2) is 0 Å². The zero-order chi connectivity index (χ0) is 20.1. The molecule has 4 rings (SSSR count). The molecule has 1 aromatic heterocycles. The third kappa shape index (κ3) is 4.62. The number of rotatable bonds is 7. The second-order valence-corrected chi connectivity index (χ2v) is 7.34. The zero-order valence-corrected chi connectivity index (χ0v) is 16.5. The van der Waals surface area contributed by atoms with E-state index < -0.39 is 6.10 Å². The monoisotopic (exact) mass is 383 g/mol. The quantitative estimate of drug-likeness (QED) is 0.477. The molecule has 0 amide bonds. The van der Waals surface area contributed by atoms with Gasteiger partial charge in [-0.05, 0) is 29.3 Å². The van der Waals surface area contributed by atoms with Crippen LogP contribution in [0.5, 0.6) is 0 Å². The van der Waals surface area contributed by atoms with E-state index in [2.05, 4.69) is 63.6 Å². The SMILES string of the molecule is CN(Cc1cn[nH]c1-c1ccc(-c2ccccc2)cc1)C[C@H](O)c1ccccc1. The molecule has 1 atom stereocenters. The molecule has 4 heteroatoms. The normalized spacial score (nSPS) is 12.2. The summed E-state index contributed by atoms with van der Waals surface area (Å²) < 4.78 is 0. The molecule has 0 fully saturated rings. The maximum atomic E-state index is 10.5. The van der Waals surface area contributed by atoms with Crippen LogP contribution in [0.4, 0.5) is 0 Å². The molecule has 0 spiro atoms. The lowest BCUT2D eigenvalue weighted by atomic mass is 10.0. The number of nitrogens with one attached hydrogen (secondary N) is 1. The highest BCUT2D eigenvalue weighted by Crippen LogP contribution is 2.26. The third-order valence-corrected chi connectivity index (χ3v) is 5.11. The topological polar surface area (TPSA) is 52.2 Å². The van der Waals surface area contributed by atoms with Crippen LogP contribution in [-0.4, -0.2) is 33.8 Å². The number of aliphatic hydroxyl groups is 1. The molecule has 4 nitrogen and oxygen atoms in total. The first kappa shape index (κ1) is 19.1. The van der Waals surface area contributed by atoms with E-state index in [-0.39, 0.29) is 0 Å². The van der Waals surface area contributed by atoms with Crippen LogP contribution in [0.25, 0.3) is 22.4 Å². The maximum Gasteiger partial charge on any atom is 0.0916 e. The lowest BCUT2D eigenvalue weighted by molar-refractivity contribution is 0.124. The lowest BCUT2D eigenvalue weighted by Gasteiger charge is -2.21. The Morgan fingerprint density at radius 1 is 0.828 bits per heavy atom. The number of aromatic nitrogens is 2. The molecular weight excluding hydrogens is 358 g/mol. The van der Waals surface area contributed by atoms with Crippen molar-refractivity contribution in [3.05, 3.63) is 102 Å². The summed E-state index contributed by atoms with van der Waals surface area (Å²) in [6.07, 6.45) is 1.35. The summed E-state index contributed by atoms with van der Waals surface area (Å²) >= 11 is 0. The third-order valence-electron chi connectivity index (χ3n) is 5.11. The molecule has 29 heavy (non-hydrogen) atoms. The Balaban J connectivity index is 1.46. The second kappa shape index (κ2) is 8.86. The van der Waals surface area contributed by atoms with Crippen LogP contribution < -0.4 is 0 Å². The van der Waals surface area contributed by atoms with Crippen LogP contribution in [-0.2, 0) is 6.54 Å². The largest absolute Gasteiger partial charge is 0.387 e.